The van der Waals surface area contributed by atoms with Gasteiger partial charge in [0.25, 0.3) is 5.69 Å². The molecule has 7 heteroatoms. The lowest BCUT2D eigenvalue weighted by Crippen LogP contribution is -1.92. The van der Waals surface area contributed by atoms with Crippen LogP contribution in [0.15, 0.2) is 29.6 Å². The first-order valence-corrected chi connectivity index (χ1v) is 6.30. The molecule has 0 saturated carbocycles. The summed E-state index contributed by atoms with van der Waals surface area (Å²) in [6.45, 7) is 0. The van der Waals surface area contributed by atoms with Crippen LogP contribution in [0.5, 0.6) is 0 Å². The molecule has 18 heavy (non-hydrogen) atoms. The number of nitrogens with zero attached hydrogens (tertiary/aromatic N) is 2. The van der Waals surface area contributed by atoms with E-state index in [-0.39, 0.29) is 17.2 Å². The van der Waals surface area contributed by atoms with E-state index in [0.29, 0.717) is 16.3 Å². The lowest BCUT2D eigenvalue weighted by atomic mass is 10.1. The molecule has 0 aliphatic heterocycles. The molecule has 0 aliphatic rings. The molecule has 0 bridgehead atoms. The maximum atomic E-state index is 10.8. The van der Waals surface area contributed by atoms with E-state index >= 15 is 0 Å². The van der Waals surface area contributed by atoms with E-state index in [4.69, 9.17) is 0 Å². The van der Waals surface area contributed by atoms with Crippen molar-refractivity contribution >= 4 is 34.8 Å². The van der Waals surface area contributed by atoms with Crippen LogP contribution in [0.2, 0.25) is 0 Å². The third-order valence-corrected chi connectivity index (χ3v) is 3.21. The molecule has 0 aliphatic carbocycles. The molecular weight excluding hydrogens is 272 g/mol. The second kappa shape index (κ2) is 5.28. The standard InChI is InChI=1S/C11H8N2O3S2/c14-11(17)5-10-12-9(6-18-10)7-2-1-3-8(4-7)13(15)16/h1-4,6H,5H2,(H,14,17). The third-order valence-electron chi connectivity index (χ3n) is 2.21. The number of nitro groups is 1. The van der Waals surface area contributed by atoms with Crippen molar-refractivity contribution in [2.75, 3.05) is 0 Å². The van der Waals surface area contributed by atoms with Crippen molar-refractivity contribution in [1.82, 2.24) is 4.98 Å². The number of benzene rings is 1. The summed E-state index contributed by atoms with van der Waals surface area (Å²) in [6, 6.07) is 6.24. The number of thiol groups is 1. The number of hydrogen-bond donors (Lipinski definition) is 1. The average molecular weight is 280 g/mol. The number of carbonyl (C=O) groups is 1. The Morgan fingerprint density at radius 3 is 2.94 bits per heavy atom. The summed E-state index contributed by atoms with van der Waals surface area (Å²) in [4.78, 5) is 25.3. The molecule has 1 heterocycles. The molecule has 1 aromatic carbocycles. The summed E-state index contributed by atoms with van der Waals surface area (Å²) in [5.74, 6) is 0. The Morgan fingerprint density at radius 1 is 1.50 bits per heavy atom. The van der Waals surface area contributed by atoms with Crippen LogP contribution in [0.1, 0.15) is 5.01 Å². The summed E-state index contributed by atoms with van der Waals surface area (Å²) < 4.78 is 0. The van der Waals surface area contributed by atoms with Crippen LogP contribution >= 0.6 is 24.0 Å². The number of carbonyl (C=O) groups excluding carboxylic acids is 1. The van der Waals surface area contributed by atoms with E-state index in [1.54, 1.807) is 17.5 Å². The number of thiazole rings is 1. The summed E-state index contributed by atoms with van der Waals surface area (Å²) in [7, 11) is 0. The van der Waals surface area contributed by atoms with Gasteiger partial charge in [0, 0.05) is 23.1 Å². The van der Waals surface area contributed by atoms with Crippen molar-refractivity contribution in [2.24, 2.45) is 0 Å². The van der Waals surface area contributed by atoms with Gasteiger partial charge in [-0.05, 0) is 0 Å². The largest absolute Gasteiger partial charge is 0.287 e. The topological polar surface area (TPSA) is 73.1 Å². The normalized spacial score (nSPS) is 10.3. The van der Waals surface area contributed by atoms with E-state index in [2.05, 4.69) is 17.6 Å². The molecule has 0 unspecified atom stereocenters. The van der Waals surface area contributed by atoms with Crippen molar-refractivity contribution < 1.29 is 9.72 Å². The van der Waals surface area contributed by atoms with Gasteiger partial charge >= 0.3 is 0 Å². The number of aromatic nitrogens is 1. The number of nitro benzene ring substituents is 1. The van der Waals surface area contributed by atoms with E-state index in [0.717, 1.165) is 0 Å². The van der Waals surface area contributed by atoms with Gasteiger partial charge < -0.3 is 0 Å². The molecule has 0 saturated heterocycles. The monoisotopic (exact) mass is 280 g/mol. The van der Waals surface area contributed by atoms with Gasteiger partial charge in [0.15, 0.2) is 5.12 Å². The first kappa shape index (κ1) is 12.7. The third kappa shape index (κ3) is 2.93. The van der Waals surface area contributed by atoms with Crippen LogP contribution in [0, 0.1) is 10.1 Å². The highest BCUT2D eigenvalue weighted by atomic mass is 32.1. The Balaban J connectivity index is 2.31. The molecule has 0 amide bonds. The molecule has 0 fully saturated rings. The molecular formula is C11H8N2O3S2. The quantitative estimate of drug-likeness (QED) is 0.531. The zero-order valence-corrected chi connectivity index (χ0v) is 10.8. The fraction of sp³-hybridized carbons (Fsp3) is 0.0909. The van der Waals surface area contributed by atoms with Crippen molar-refractivity contribution in [1.29, 1.82) is 0 Å². The fourth-order valence-corrected chi connectivity index (χ4v) is 2.49. The summed E-state index contributed by atoms with van der Waals surface area (Å²) >= 11 is 5.02. The molecule has 0 N–H and O–H groups in total. The summed E-state index contributed by atoms with van der Waals surface area (Å²) in [5, 5.41) is 12.8. The van der Waals surface area contributed by atoms with Crippen LogP contribution in [-0.4, -0.2) is 15.0 Å². The Bertz CT molecular complexity index is 610. The number of non-ortho nitro benzene ring substituents is 1. The van der Waals surface area contributed by atoms with Crippen LogP contribution in [-0.2, 0) is 11.2 Å². The smallest absolute Gasteiger partial charge is 0.270 e. The fourth-order valence-electron chi connectivity index (χ4n) is 1.43. The van der Waals surface area contributed by atoms with Gasteiger partial charge in [-0.15, -0.1) is 24.0 Å². The first-order chi connectivity index (χ1) is 8.56. The maximum Gasteiger partial charge on any atom is 0.270 e. The van der Waals surface area contributed by atoms with E-state index < -0.39 is 4.92 Å². The maximum absolute atomic E-state index is 10.8. The van der Waals surface area contributed by atoms with Gasteiger partial charge in [0.1, 0.15) is 5.01 Å². The molecule has 5 nitrogen and oxygen atoms in total. The summed E-state index contributed by atoms with van der Waals surface area (Å²) in [6.07, 6.45) is 0.169. The van der Waals surface area contributed by atoms with Gasteiger partial charge in [-0.3, -0.25) is 14.9 Å². The Labute approximate surface area is 112 Å². The van der Waals surface area contributed by atoms with Crippen LogP contribution in [0.3, 0.4) is 0 Å². The molecule has 92 valence electrons. The van der Waals surface area contributed by atoms with E-state index in [9.17, 15) is 14.9 Å². The van der Waals surface area contributed by atoms with Gasteiger partial charge in [0.05, 0.1) is 17.0 Å². The molecule has 2 rings (SSSR count). The first-order valence-electron chi connectivity index (χ1n) is 4.97. The molecule has 0 spiro atoms. The van der Waals surface area contributed by atoms with Crippen LogP contribution < -0.4 is 0 Å². The second-order valence-electron chi connectivity index (χ2n) is 3.50. The minimum atomic E-state index is -0.450. The van der Waals surface area contributed by atoms with Crippen molar-refractivity contribution in [3.05, 3.63) is 44.8 Å². The Hall–Kier alpha value is -1.73. The van der Waals surface area contributed by atoms with Gasteiger partial charge in [-0.1, -0.05) is 12.1 Å². The number of hydrogen-bond acceptors (Lipinski definition) is 5. The SMILES string of the molecule is O=C(S)Cc1nc(-c2cccc([N+](=O)[O-])c2)cs1. The Kier molecular flexibility index (Phi) is 3.73. The predicted octanol–water partition coefficient (Wildman–Crippen LogP) is 2.72. The van der Waals surface area contributed by atoms with Crippen LogP contribution in [0.4, 0.5) is 5.69 Å². The predicted molar refractivity (Wildman–Crippen MR) is 71.9 cm³/mol. The van der Waals surface area contributed by atoms with Gasteiger partial charge in [-0.2, -0.15) is 0 Å². The average Bonchev–Trinajstić information content (AvgIpc) is 2.77. The lowest BCUT2D eigenvalue weighted by molar-refractivity contribution is -0.384. The second-order valence-corrected chi connectivity index (χ2v) is 4.95. The van der Waals surface area contributed by atoms with Gasteiger partial charge in [-0.25, -0.2) is 4.98 Å². The van der Waals surface area contributed by atoms with Crippen LogP contribution in [0.25, 0.3) is 11.3 Å². The summed E-state index contributed by atoms with van der Waals surface area (Å²) in [5.41, 5.74) is 1.32. The minimum absolute atomic E-state index is 0.0207. The van der Waals surface area contributed by atoms with E-state index in [1.807, 2.05) is 0 Å². The molecule has 0 atom stereocenters. The highest BCUT2D eigenvalue weighted by Gasteiger charge is 2.10. The zero-order valence-electron chi connectivity index (χ0n) is 9.07. The van der Waals surface area contributed by atoms with Gasteiger partial charge in [0.2, 0.25) is 0 Å². The highest BCUT2D eigenvalue weighted by Crippen LogP contribution is 2.25. The molecule has 1 aromatic heterocycles. The van der Waals surface area contributed by atoms with Crippen molar-refractivity contribution in [3.63, 3.8) is 0 Å². The Morgan fingerprint density at radius 2 is 2.28 bits per heavy atom. The molecule has 0 radical (unpaired) electrons. The van der Waals surface area contributed by atoms with E-state index in [1.165, 1.54) is 23.5 Å². The lowest BCUT2D eigenvalue weighted by Gasteiger charge is -1.96. The molecule has 2 aromatic rings. The zero-order chi connectivity index (χ0) is 13.1. The minimum Gasteiger partial charge on any atom is -0.287 e. The van der Waals surface area contributed by atoms with Crippen molar-refractivity contribution in [2.45, 2.75) is 6.42 Å². The number of rotatable bonds is 4. The highest BCUT2D eigenvalue weighted by molar-refractivity contribution is 7.96. The van der Waals surface area contributed by atoms with Crippen molar-refractivity contribution in [3.8, 4) is 11.3 Å².